The molecule has 0 heterocycles. The van der Waals surface area contributed by atoms with Gasteiger partial charge in [0.25, 0.3) is 5.91 Å². The number of carbonyl (C=O) groups is 1. The molecule has 0 atom stereocenters. The molecule has 0 N–H and O–H groups in total. The summed E-state index contributed by atoms with van der Waals surface area (Å²) in [7, 11) is 3.13. The Morgan fingerprint density at radius 2 is 1.42 bits per heavy atom. The number of ether oxygens (including phenoxy) is 2. The van der Waals surface area contributed by atoms with Crippen molar-refractivity contribution in [3.8, 4) is 11.5 Å². The highest BCUT2D eigenvalue weighted by molar-refractivity contribution is 6.06. The number of para-hydroxylation sites is 1. The quantitative estimate of drug-likeness (QED) is 0.656. The van der Waals surface area contributed by atoms with Crippen LogP contribution in [0.15, 0.2) is 78.9 Å². The zero-order chi connectivity index (χ0) is 18.4. The first-order chi connectivity index (χ1) is 12.7. The molecule has 0 spiro atoms. The van der Waals surface area contributed by atoms with Crippen LogP contribution in [0.3, 0.4) is 0 Å². The van der Waals surface area contributed by atoms with Crippen LogP contribution in [-0.2, 0) is 6.54 Å². The lowest BCUT2D eigenvalue weighted by Crippen LogP contribution is -2.30. The molecule has 0 aromatic heterocycles. The van der Waals surface area contributed by atoms with Crippen molar-refractivity contribution in [2.45, 2.75) is 6.54 Å². The molecule has 3 aromatic carbocycles. The molecule has 26 heavy (non-hydrogen) atoms. The monoisotopic (exact) mass is 347 g/mol. The van der Waals surface area contributed by atoms with Gasteiger partial charge >= 0.3 is 0 Å². The van der Waals surface area contributed by atoms with E-state index >= 15 is 0 Å². The Balaban J connectivity index is 1.97. The molecule has 1 amide bonds. The van der Waals surface area contributed by atoms with Crippen molar-refractivity contribution in [3.63, 3.8) is 0 Å². The van der Waals surface area contributed by atoms with E-state index in [0.29, 0.717) is 23.6 Å². The molecule has 132 valence electrons. The fraction of sp³-hybridized carbons (Fsp3) is 0.136. The van der Waals surface area contributed by atoms with Crippen molar-refractivity contribution in [2.75, 3.05) is 19.1 Å². The van der Waals surface area contributed by atoms with Gasteiger partial charge in [0.15, 0.2) is 11.5 Å². The number of anilines is 1. The molecule has 3 aromatic rings. The Bertz CT molecular complexity index is 863. The summed E-state index contributed by atoms with van der Waals surface area (Å²) in [6.45, 7) is 0.484. The minimum absolute atomic E-state index is 0.0963. The third-order valence-electron chi connectivity index (χ3n) is 4.13. The van der Waals surface area contributed by atoms with Crippen LogP contribution in [0.1, 0.15) is 15.9 Å². The molecule has 0 unspecified atom stereocenters. The van der Waals surface area contributed by atoms with Gasteiger partial charge in [-0.3, -0.25) is 4.79 Å². The summed E-state index contributed by atoms with van der Waals surface area (Å²) in [5, 5.41) is 0. The van der Waals surface area contributed by atoms with E-state index in [0.717, 1.165) is 11.3 Å². The lowest BCUT2D eigenvalue weighted by atomic mass is 10.1. The first-order valence-corrected chi connectivity index (χ1v) is 8.36. The van der Waals surface area contributed by atoms with Gasteiger partial charge in [0, 0.05) is 11.3 Å². The van der Waals surface area contributed by atoms with Crippen molar-refractivity contribution >= 4 is 11.6 Å². The summed E-state index contributed by atoms with van der Waals surface area (Å²) in [4.78, 5) is 15.0. The molecule has 3 rings (SSSR count). The lowest BCUT2D eigenvalue weighted by Gasteiger charge is -2.23. The van der Waals surface area contributed by atoms with Gasteiger partial charge in [-0.25, -0.2) is 0 Å². The molecule has 0 saturated carbocycles. The number of methoxy groups -OCH3 is 2. The number of hydrogen-bond acceptors (Lipinski definition) is 3. The van der Waals surface area contributed by atoms with Crippen molar-refractivity contribution in [1.29, 1.82) is 0 Å². The van der Waals surface area contributed by atoms with Crippen molar-refractivity contribution in [2.24, 2.45) is 0 Å². The third-order valence-corrected chi connectivity index (χ3v) is 4.13. The second-order valence-corrected chi connectivity index (χ2v) is 5.78. The SMILES string of the molecule is COc1ccc(C(=O)N(Cc2ccccc2)c2ccccc2)cc1OC. The maximum atomic E-state index is 13.2. The summed E-state index contributed by atoms with van der Waals surface area (Å²) >= 11 is 0. The van der Waals surface area contributed by atoms with Crippen LogP contribution in [0, 0.1) is 0 Å². The van der Waals surface area contributed by atoms with Gasteiger partial charge in [-0.2, -0.15) is 0 Å². The van der Waals surface area contributed by atoms with Crippen LogP contribution in [0.2, 0.25) is 0 Å². The van der Waals surface area contributed by atoms with Crippen LogP contribution in [-0.4, -0.2) is 20.1 Å². The zero-order valence-corrected chi connectivity index (χ0v) is 14.9. The number of carbonyl (C=O) groups excluding carboxylic acids is 1. The number of hydrogen-bond donors (Lipinski definition) is 0. The molecule has 4 nitrogen and oxygen atoms in total. The molecule has 4 heteroatoms. The Hall–Kier alpha value is -3.27. The molecule has 0 aliphatic heterocycles. The van der Waals surface area contributed by atoms with E-state index < -0.39 is 0 Å². The summed E-state index contributed by atoms with van der Waals surface area (Å²) < 4.78 is 10.6. The van der Waals surface area contributed by atoms with E-state index in [4.69, 9.17) is 9.47 Å². The van der Waals surface area contributed by atoms with Crippen molar-refractivity contribution in [3.05, 3.63) is 90.0 Å². The van der Waals surface area contributed by atoms with Gasteiger partial charge in [-0.15, -0.1) is 0 Å². The highest BCUT2D eigenvalue weighted by Crippen LogP contribution is 2.29. The van der Waals surface area contributed by atoms with Gasteiger partial charge < -0.3 is 14.4 Å². The minimum atomic E-state index is -0.0963. The topological polar surface area (TPSA) is 38.8 Å². The van der Waals surface area contributed by atoms with Gasteiger partial charge in [-0.05, 0) is 35.9 Å². The van der Waals surface area contributed by atoms with E-state index in [2.05, 4.69) is 0 Å². The average molecular weight is 347 g/mol. The second-order valence-electron chi connectivity index (χ2n) is 5.78. The minimum Gasteiger partial charge on any atom is -0.493 e. The first-order valence-electron chi connectivity index (χ1n) is 8.36. The summed E-state index contributed by atoms with van der Waals surface area (Å²) in [5.74, 6) is 1.03. The Morgan fingerprint density at radius 3 is 2.04 bits per heavy atom. The van der Waals surface area contributed by atoms with Crippen LogP contribution in [0.4, 0.5) is 5.69 Å². The number of rotatable bonds is 6. The van der Waals surface area contributed by atoms with E-state index in [1.807, 2.05) is 60.7 Å². The maximum absolute atomic E-state index is 13.2. The Morgan fingerprint density at radius 1 is 0.808 bits per heavy atom. The van der Waals surface area contributed by atoms with Crippen LogP contribution in [0.25, 0.3) is 0 Å². The predicted molar refractivity (Wildman–Crippen MR) is 103 cm³/mol. The van der Waals surface area contributed by atoms with Crippen molar-refractivity contribution < 1.29 is 14.3 Å². The normalized spacial score (nSPS) is 10.2. The standard InChI is InChI=1S/C22H21NO3/c1-25-20-14-13-18(15-21(20)26-2)22(24)23(19-11-7-4-8-12-19)16-17-9-5-3-6-10-17/h3-15H,16H2,1-2H3. The molecular formula is C22H21NO3. The van der Waals surface area contributed by atoms with Crippen LogP contribution in [0.5, 0.6) is 11.5 Å². The molecule has 0 bridgehead atoms. The highest BCUT2D eigenvalue weighted by atomic mass is 16.5. The van der Waals surface area contributed by atoms with Gasteiger partial charge in [0.1, 0.15) is 0 Å². The molecular weight excluding hydrogens is 326 g/mol. The van der Waals surface area contributed by atoms with Gasteiger partial charge in [0.05, 0.1) is 20.8 Å². The van der Waals surface area contributed by atoms with E-state index in [9.17, 15) is 4.79 Å². The third kappa shape index (κ3) is 3.86. The number of amides is 1. The fourth-order valence-electron chi connectivity index (χ4n) is 2.78. The lowest BCUT2D eigenvalue weighted by molar-refractivity contribution is 0.0984. The highest BCUT2D eigenvalue weighted by Gasteiger charge is 2.19. The molecule has 0 aliphatic rings. The number of nitrogens with zero attached hydrogens (tertiary/aromatic N) is 1. The molecule has 0 aliphatic carbocycles. The second kappa shape index (κ2) is 8.21. The molecule has 0 saturated heterocycles. The Labute approximate surface area is 153 Å². The first kappa shape index (κ1) is 17.5. The maximum Gasteiger partial charge on any atom is 0.258 e. The van der Waals surface area contributed by atoms with Gasteiger partial charge in [-0.1, -0.05) is 48.5 Å². The molecule has 0 fully saturated rings. The number of benzene rings is 3. The largest absolute Gasteiger partial charge is 0.493 e. The summed E-state index contributed by atoms with van der Waals surface area (Å²) in [6, 6.07) is 24.8. The van der Waals surface area contributed by atoms with E-state index in [1.165, 1.54) is 0 Å². The van der Waals surface area contributed by atoms with Gasteiger partial charge in [0.2, 0.25) is 0 Å². The fourth-order valence-corrected chi connectivity index (χ4v) is 2.78. The van der Waals surface area contributed by atoms with Crippen LogP contribution >= 0.6 is 0 Å². The smallest absolute Gasteiger partial charge is 0.258 e. The van der Waals surface area contributed by atoms with Crippen molar-refractivity contribution in [1.82, 2.24) is 0 Å². The predicted octanol–water partition coefficient (Wildman–Crippen LogP) is 4.55. The van der Waals surface area contributed by atoms with E-state index in [-0.39, 0.29) is 5.91 Å². The molecule has 0 radical (unpaired) electrons. The van der Waals surface area contributed by atoms with E-state index in [1.54, 1.807) is 37.3 Å². The summed E-state index contributed by atoms with van der Waals surface area (Å²) in [6.07, 6.45) is 0. The zero-order valence-electron chi connectivity index (χ0n) is 14.9. The van der Waals surface area contributed by atoms with Crippen LogP contribution < -0.4 is 14.4 Å². The average Bonchev–Trinajstić information content (AvgIpc) is 2.72. The summed E-state index contributed by atoms with van der Waals surface area (Å²) in [5.41, 5.74) is 2.45. The Kier molecular flexibility index (Phi) is 5.54.